The van der Waals surface area contributed by atoms with Crippen LogP contribution in [0.3, 0.4) is 0 Å². The Hall–Kier alpha value is -0.260. The quantitative estimate of drug-likeness (QED) is 0.835. The van der Waals surface area contributed by atoms with Crippen LogP contribution in [0.15, 0.2) is 0 Å². The summed E-state index contributed by atoms with van der Waals surface area (Å²) in [6.07, 6.45) is 1.75. The molecule has 1 heterocycles. The molecule has 0 spiro atoms. The van der Waals surface area contributed by atoms with E-state index in [0.29, 0.717) is 19.1 Å². The van der Waals surface area contributed by atoms with E-state index in [2.05, 4.69) is 10.2 Å². The molecule has 2 rings (SSSR count). The maximum Gasteiger partial charge on any atom is 0.248 e. The largest absolute Gasteiger partial charge is 0.378 e. The minimum Gasteiger partial charge on any atom is -0.378 e. The van der Waals surface area contributed by atoms with Gasteiger partial charge in [0, 0.05) is 38.5 Å². The molecule has 3 nitrogen and oxygen atoms in total. The van der Waals surface area contributed by atoms with Gasteiger partial charge in [-0.2, -0.15) is 0 Å². The second-order valence-corrected chi connectivity index (χ2v) is 5.60. The Morgan fingerprint density at radius 2 is 2.28 bits per heavy atom. The second kappa shape index (κ2) is 6.26. The van der Waals surface area contributed by atoms with Gasteiger partial charge in [0.05, 0.1) is 13.2 Å². The van der Waals surface area contributed by atoms with Crippen LogP contribution in [-0.4, -0.2) is 56.8 Å². The Labute approximate surface area is 108 Å². The second-order valence-electron chi connectivity index (χ2n) is 5.60. The minimum atomic E-state index is -2.44. The summed E-state index contributed by atoms with van der Waals surface area (Å²) in [5.74, 6) is -2.29. The van der Waals surface area contributed by atoms with Crippen molar-refractivity contribution in [2.24, 2.45) is 5.92 Å². The van der Waals surface area contributed by atoms with Crippen LogP contribution in [0.2, 0.25) is 0 Å². The van der Waals surface area contributed by atoms with E-state index in [4.69, 9.17) is 4.74 Å². The smallest absolute Gasteiger partial charge is 0.248 e. The van der Waals surface area contributed by atoms with Crippen molar-refractivity contribution < 1.29 is 13.5 Å². The zero-order valence-electron chi connectivity index (χ0n) is 11.1. The summed E-state index contributed by atoms with van der Waals surface area (Å²) >= 11 is 0. The Morgan fingerprint density at radius 3 is 3.00 bits per heavy atom. The summed E-state index contributed by atoms with van der Waals surface area (Å²) in [5, 5.41) is 3.15. The molecule has 2 atom stereocenters. The average molecular weight is 262 g/mol. The monoisotopic (exact) mass is 262 g/mol. The summed E-state index contributed by atoms with van der Waals surface area (Å²) in [5.41, 5.74) is 0. The molecule has 0 aromatic heterocycles. The minimum absolute atomic E-state index is 0.0661. The SMILES string of the molecule is CNCC1COCCN1CC1CCCC(F)(F)C1. The predicted octanol–water partition coefficient (Wildman–Crippen LogP) is 1.73. The molecular formula is C13H24F2N2O. The lowest BCUT2D eigenvalue weighted by atomic mass is 9.86. The third-order valence-corrected chi connectivity index (χ3v) is 4.02. The normalized spacial score (nSPS) is 33.5. The lowest BCUT2D eigenvalue weighted by molar-refractivity contribution is -0.0684. The molecule has 1 saturated carbocycles. The van der Waals surface area contributed by atoms with Crippen molar-refractivity contribution in [1.29, 1.82) is 0 Å². The summed E-state index contributed by atoms with van der Waals surface area (Å²) in [4.78, 5) is 2.33. The Kier molecular flexibility index (Phi) is 4.92. The fourth-order valence-corrected chi connectivity index (χ4v) is 3.12. The van der Waals surface area contributed by atoms with Gasteiger partial charge in [0.15, 0.2) is 0 Å². The number of rotatable bonds is 4. The van der Waals surface area contributed by atoms with Crippen molar-refractivity contribution in [3.63, 3.8) is 0 Å². The van der Waals surface area contributed by atoms with E-state index in [9.17, 15) is 8.78 Å². The zero-order valence-corrected chi connectivity index (χ0v) is 11.1. The first kappa shape index (κ1) is 14.2. The van der Waals surface area contributed by atoms with Gasteiger partial charge < -0.3 is 10.1 Å². The number of nitrogens with zero attached hydrogens (tertiary/aromatic N) is 1. The van der Waals surface area contributed by atoms with E-state index in [-0.39, 0.29) is 18.8 Å². The molecule has 5 heteroatoms. The van der Waals surface area contributed by atoms with Crippen LogP contribution >= 0.6 is 0 Å². The fourth-order valence-electron chi connectivity index (χ4n) is 3.12. The number of morpholine rings is 1. The first-order valence-corrected chi connectivity index (χ1v) is 6.95. The highest BCUT2D eigenvalue weighted by Crippen LogP contribution is 2.37. The average Bonchev–Trinajstić information content (AvgIpc) is 2.31. The number of hydrogen-bond donors (Lipinski definition) is 1. The summed E-state index contributed by atoms with van der Waals surface area (Å²) < 4.78 is 32.3. The van der Waals surface area contributed by atoms with Gasteiger partial charge >= 0.3 is 0 Å². The van der Waals surface area contributed by atoms with E-state index >= 15 is 0 Å². The zero-order chi connectivity index (χ0) is 13.0. The maximum atomic E-state index is 13.4. The molecule has 1 saturated heterocycles. The summed E-state index contributed by atoms with van der Waals surface area (Å²) in [7, 11) is 1.92. The molecule has 1 aliphatic heterocycles. The molecule has 1 N–H and O–H groups in total. The lowest BCUT2D eigenvalue weighted by Crippen LogP contribution is -2.52. The van der Waals surface area contributed by atoms with Crippen LogP contribution < -0.4 is 5.32 Å². The molecule has 0 aromatic rings. The van der Waals surface area contributed by atoms with Crippen LogP contribution in [0.25, 0.3) is 0 Å². The molecule has 2 unspecified atom stereocenters. The van der Waals surface area contributed by atoms with Gasteiger partial charge in [-0.05, 0) is 25.8 Å². The molecule has 0 radical (unpaired) electrons. The van der Waals surface area contributed by atoms with Crippen molar-refractivity contribution in [2.45, 2.75) is 37.6 Å². The van der Waals surface area contributed by atoms with Crippen LogP contribution in [-0.2, 0) is 4.74 Å². The van der Waals surface area contributed by atoms with E-state index < -0.39 is 5.92 Å². The van der Waals surface area contributed by atoms with Crippen molar-refractivity contribution in [3.05, 3.63) is 0 Å². The Bertz CT molecular complexity index is 261. The molecule has 2 fully saturated rings. The van der Waals surface area contributed by atoms with Crippen molar-refractivity contribution >= 4 is 0 Å². The van der Waals surface area contributed by atoms with Gasteiger partial charge in [-0.15, -0.1) is 0 Å². The fraction of sp³-hybridized carbons (Fsp3) is 1.00. The van der Waals surface area contributed by atoms with E-state index in [1.165, 1.54) is 0 Å². The van der Waals surface area contributed by atoms with Gasteiger partial charge in [-0.25, -0.2) is 8.78 Å². The maximum absolute atomic E-state index is 13.4. The van der Waals surface area contributed by atoms with E-state index in [1.54, 1.807) is 0 Å². The number of nitrogens with one attached hydrogen (secondary N) is 1. The Morgan fingerprint density at radius 1 is 1.44 bits per heavy atom. The molecule has 0 aromatic carbocycles. The number of halogens is 2. The molecule has 2 aliphatic rings. The van der Waals surface area contributed by atoms with Crippen LogP contribution in [0, 0.1) is 5.92 Å². The lowest BCUT2D eigenvalue weighted by Gasteiger charge is -2.39. The number of alkyl halides is 2. The molecule has 1 aliphatic carbocycles. The van der Waals surface area contributed by atoms with E-state index in [1.807, 2.05) is 7.05 Å². The van der Waals surface area contributed by atoms with Crippen molar-refractivity contribution in [2.75, 3.05) is 39.9 Å². The highest BCUT2D eigenvalue weighted by molar-refractivity contribution is 4.84. The molecule has 106 valence electrons. The number of ether oxygens (including phenoxy) is 1. The third-order valence-electron chi connectivity index (χ3n) is 4.02. The third kappa shape index (κ3) is 3.87. The van der Waals surface area contributed by atoms with Crippen molar-refractivity contribution in [1.82, 2.24) is 10.2 Å². The number of hydrogen-bond acceptors (Lipinski definition) is 3. The highest BCUT2D eigenvalue weighted by atomic mass is 19.3. The van der Waals surface area contributed by atoms with Crippen LogP contribution in [0.4, 0.5) is 8.78 Å². The Balaban J connectivity index is 1.86. The topological polar surface area (TPSA) is 24.5 Å². The highest BCUT2D eigenvalue weighted by Gasteiger charge is 2.37. The van der Waals surface area contributed by atoms with Crippen molar-refractivity contribution in [3.8, 4) is 0 Å². The standard InChI is InChI=1S/C13H24F2N2O/c1-16-8-12-10-18-6-5-17(12)9-11-3-2-4-13(14,15)7-11/h11-12,16H,2-10H2,1H3. The first-order chi connectivity index (χ1) is 8.61. The molecule has 18 heavy (non-hydrogen) atoms. The van der Waals surface area contributed by atoms with Gasteiger partial charge in [0.25, 0.3) is 0 Å². The van der Waals surface area contributed by atoms with Gasteiger partial charge in [-0.3, -0.25) is 4.90 Å². The predicted molar refractivity (Wildman–Crippen MR) is 67.0 cm³/mol. The number of likely N-dealkylation sites (N-methyl/N-ethyl adjacent to an activating group) is 1. The summed E-state index contributed by atoms with van der Waals surface area (Å²) in [6, 6.07) is 0.333. The van der Waals surface area contributed by atoms with E-state index in [0.717, 1.165) is 32.7 Å². The van der Waals surface area contributed by atoms with Gasteiger partial charge in [-0.1, -0.05) is 0 Å². The molecule has 0 amide bonds. The summed E-state index contributed by atoms with van der Waals surface area (Å²) in [6.45, 7) is 3.97. The molecule has 0 bridgehead atoms. The first-order valence-electron chi connectivity index (χ1n) is 6.95. The van der Waals surface area contributed by atoms with Crippen LogP contribution in [0.5, 0.6) is 0 Å². The van der Waals surface area contributed by atoms with Crippen LogP contribution in [0.1, 0.15) is 25.7 Å². The van der Waals surface area contributed by atoms with Gasteiger partial charge in [0.2, 0.25) is 5.92 Å². The molecular weight excluding hydrogens is 238 g/mol. The van der Waals surface area contributed by atoms with Gasteiger partial charge in [0.1, 0.15) is 0 Å².